The average molecular weight is 363 g/mol. The zero-order valence-corrected chi connectivity index (χ0v) is 13.2. The Morgan fingerprint density at radius 1 is 1.12 bits per heavy atom. The number of alkyl halides is 3. The first-order valence-corrected chi connectivity index (χ1v) is 7.42. The Morgan fingerprint density at radius 3 is 2.46 bits per heavy atom. The fraction of sp³-hybridized carbons (Fsp3) is 0.111. The number of nitrogens with zero attached hydrogens (tertiary/aromatic N) is 1. The molecule has 0 aliphatic carbocycles. The predicted octanol–water partition coefficient (Wildman–Crippen LogP) is 4.64. The highest BCUT2D eigenvalue weighted by atomic mass is 19.4. The molecule has 0 amide bonds. The molecule has 0 aliphatic rings. The van der Waals surface area contributed by atoms with Gasteiger partial charge in [0.2, 0.25) is 5.76 Å². The summed E-state index contributed by atoms with van der Waals surface area (Å²) in [5.74, 6) is -1.04. The second kappa shape index (κ2) is 6.91. The molecule has 0 aliphatic heterocycles. The summed E-state index contributed by atoms with van der Waals surface area (Å²) in [6, 6.07) is 12.7. The first kappa shape index (κ1) is 17.5. The monoisotopic (exact) mass is 363 g/mol. The Labute approximate surface area is 145 Å². The molecule has 0 radical (unpaired) electrons. The second-order valence-corrected chi connectivity index (χ2v) is 5.39. The van der Waals surface area contributed by atoms with Gasteiger partial charge in [-0.1, -0.05) is 17.3 Å². The van der Waals surface area contributed by atoms with Gasteiger partial charge >= 0.3 is 12.1 Å². The molecular formula is C18H12F3NO4. The lowest BCUT2D eigenvalue weighted by Crippen LogP contribution is -2.06. The number of halogens is 3. The molecule has 0 fully saturated rings. The van der Waals surface area contributed by atoms with E-state index in [0.717, 1.165) is 12.1 Å². The third kappa shape index (κ3) is 4.02. The van der Waals surface area contributed by atoms with Crippen molar-refractivity contribution < 1.29 is 32.3 Å². The lowest BCUT2D eigenvalue weighted by molar-refractivity contribution is -0.137. The number of ether oxygens (including phenoxy) is 1. The largest absolute Gasteiger partial charge is 0.489 e. The zero-order valence-electron chi connectivity index (χ0n) is 13.2. The lowest BCUT2D eigenvalue weighted by atomic mass is 10.1. The molecule has 1 N–H and O–H groups in total. The predicted molar refractivity (Wildman–Crippen MR) is 84.7 cm³/mol. The number of hydrogen-bond donors (Lipinski definition) is 1. The van der Waals surface area contributed by atoms with Crippen molar-refractivity contribution in [2.75, 3.05) is 0 Å². The van der Waals surface area contributed by atoms with Crippen LogP contribution in [0.15, 0.2) is 59.1 Å². The molecule has 26 heavy (non-hydrogen) atoms. The normalized spacial score (nSPS) is 11.3. The number of rotatable bonds is 5. The van der Waals surface area contributed by atoms with E-state index in [4.69, 9.17) is 9.84 Å². The van der Waals surface area contributed by atoms with Crippen LogP contribution in [0.1, 0.15) is 21.7 Å². The SMILES string of the molecule is O=C(O)c1cc(-c2ccc(OCc3cccc(C(F)(F)F)c3)cc2)no1. The Kier molecular flexibility index (Phi) is 4.66. The van der Waals surface area contributed by atoms with E-state index in [-0.39, 0.29) is 12.4 Å². The van der Waals surface area contributed by atoms with E-state index in [1.54, 1.807) is 30.3 Å². The molecule has 3 rings (SSSR count). The smallest absolute Gasteiger partial charge is 0.416 e. The van der Waals surface area contributed by atoms with E-state index in [2.05, 4.69) is 9.68 Å². The number of aromatic carboxylic acids is 1. The van der Waals surface area contributed by atoms with Crippen molar-refractivity contribution in [3.05, 3.63) is 71.5 Å². The third-order valence-electron chi connectivity index (χ3n) is 3.53. The lowest BCUT2D eigenvalue weighted by Gasteiger charge is -2.10. The number of aromatic nitrogens is 1. The van der Waals surface area contributed by atoms with Crippen LogP contribution < -0.4 is 4.74 Å². The maximum absolute atomic E-state index is 12.7. The Bertz CT molecular complexity index is 917. The van der Waals surface area contributed by atoms with Crippen LogP contribution in [0.25, 0.3) is 11.3 Å². The van der Waals surface area contributed by atoms with Gasteiger partial charge in [-0.05, 0) is 42.0 Å². The molecule has 0 atom stereocenters. The average Bonchev–Trinajstić information content (AvgIpc) is 3.10. The Hall–Kier alpha value is -3.29. The highest BCUT2D eigenvalue weighted by Gasteiger charge is 2.30. The summed E-state index contributed by atoms with van der Waals surface area (Å²) in [4.78, 5) is 10.8. The molecule has 0 saturated carbocycles. The van der Waals surface area contributed by atoms with E-state index in [0.29, 0.717) is 22.6 Å². The van der Waals surface area contributed by atoms with Gasteiger partial charge in [-0.15, -0.1) is 0 Å². The Morgan fingerprint density at radius 2 is 1.85 bits per heavy atom. The molecule has 0 spiro atoms. The molecule has 2 aromatic carbocycles. The minimum absolute atomic E-state index is 0.0175. The van der Waals surface area contributed by atoms with E-state index in [9.17, 15) is 18.0 Å². The molecule has 3 aromatic rings. The van der Waals surface area contributed by atoms with E-state index in [1.165, 1.54) is 12.1 Å². The molecule has 134 valence electrons. The van der Waals surface area contributed by atoms with Crippen LogP contribution in [-0.4, -0.2) is 16.2 Å². The molecule has 1 heterocycles. The topological polar surface area (TPSA) is 72.6 Å². The van der Waals surface area contributed by atoms with Crippen LogP contribution in [0.4, 0.5) is 13.2 Å². The standard InChI is InChI=1S/C18H12F3NO4/c19-18(20,21)13-3-1-2-11(8-13)10-25-14-6-4-12(5-7-14)15-9-16(17(23)24)26-22-15/h1-9H,10H2,(H,23,24). The molecule has 1 aromatic heterocycles. The molecule has 0 unspecified atom stereocenters. The number of carboxylic acids is 1. The van der Waals surface area contributed by atoms with Gasteiger partial charge in [0.05, 0.1) is 5.56 Å². The van der Waals surface area contributed by atoms with Gasteiger partial charge in [0.1, 0.15) is 18.1 Å². The first-order chi connectivity index (χ1) is 12.3. The maximum atomic E-state index is 12.7. The summed E-state index contributed by atoms with van der Waals surface area (Å²) in [5.41, 5.74) is 0.639. The van der Waals surface area contributed by atoms with Crippen LogP contribution in [0.3, 0.4) is 0 Å². The van der Waals surface area contributed by atoms with Crippen molar-refractivity contribution in [3.63, 3.8) is 0 Å². The van der Waals surface area contributed by atoms with Crippen molar-refractivity contribution in [2.24, 2.45) is 0 Å². The highest BCUT2D eigenvalue weighted by molar-refractivity contribution is 5.85. The fourth-order valence-electron chi connectivity index (χ4n) is 2.24. The van der Waals surface area contributed by atoms with Crippen LogP contribution in [-0.2, 0) is 12.8 Å². The number of carboxylic acid groups (broad SMARTS) is 1. The van der Waals surface area contributed by atoms with Gasteiger partial charge in [0.25, 0.3) is 0 Å². The van der Waals surface area contributed by atoms with Crippen molar-refractivity contribution in [1.82, 2.24) is 5.16 Å². The van der Waals surface area contributed by atoms with Gasteiger partial charge in [-0.25, -0.2) is 4.79 Å². The van der Waals surface area contributed by atoms with Gasteiger partial charge in [0.15, 0.2) is 0 Å². The molecular weight excluding hydrogens is 351 g/mol. The minimum atomic E-state index is -4.40. The van der Waals surface area contributed by atoms with Gasteiger partial charge < -0.3 is 14.4 Å². The van der Waals surface area contributed by atoms with Crippen LogP contribution in [0.2, 0.25) is 0 Å². The van der Waals surface area contributed by atoms with E-state index < -0.39 is 17.7 Å². The van der Waals surface area contributed by atoms with Crippen LogP contribution in [0.5, 0.6) is 5.75 Å². The quantitative estimate of drug-likeness (QED) is 0.715. The maximum Gasteiger partial charge on any atom is 0.416 e. The highest BCUT2D eigenvalue weighted by Crippen LogP contribution is 2.30. The van der Waals surface area contributed by atoms with E-state index >= 15 is 0 Å². The van der Waals surface area contributed by atoms with E-state index in [1.807, 2.05) is 0 Å². The summed E-state index contributed by atoms with van der Waals surface area (Å²) in [6.07, 6.45) is -4.40. The second-order valence-electron chi connectivity index (χ2n) is 5.39. The zero-order chi connectivity index (χ0) is 18.7. The fourth-order valence-corrected chi connectivity index (χ4v) is 2.24. The Balaban J connectivity index is 1.67. The van der Waals surface area contributed by atoms with Crippen molar-refractivity contribution >= 4 is 5.97 Å². The van der Waals surface area contributed by atoms with Gasteiger partial charge in [-0.3, -0.25) is 0 Å². The van der Waals surface area contributed by atoms with Gasteiger partial charge in [-0.2, -0.15) is 13.2 Å². The summed E-state index contributed by atoms with van der Waals surface area (Å²) in [6.45, 7) is -0.0175. The number of benzene rings is 2. The van der Waals surface area contributed by atoms with Gasteiger partial charge in [0, 0.05) is 11.6 Å². The molecule has 0 bridgehead atoms. The summed E-state index contributed by atoms with van der Waals surface area (Å²) >= 11 is 0. The minimum Gasteiger partial charge on any atom is -0.489 e. The number of hydrogen-bond acceptors (Lipinski definition) is 4. The molecule has 0 saturated heterocycles. The molecule has 8 heteroatoms. The first-order valence-electron chi connectivity index (χ1n) is 7.42. The summed E-state index contributed by atoms with van der Waals surface area (Å²) in [7, 11) is 0. The molecule has 5 nitrogen and oxygen atoms in total. The van der Waals surface area contributed by atoms with Crippen LogP contribution in [0, 0.1) is 0 Å². The van der Waals surface area contributed by atoms with Crippen molar-refractivity contribution in [1.29, 1.82) is 0 Å². The van der Waals surface area contributed by atoms with Crippen molar-refractivity contribution in [3.8, 4) is 17.0 Å². The summed E-state index contributed by atoms with van der Waals surface area (Å²) in [5, 5.41) is 12.5. The van der Waals surface area contributed by atoms with Crippen LogP contribution >= 0.6 is 0 Å². The summed E-state index contributed by atoms with van der Waals surface area (Å²) < 4.78 is 48.3. The number of carbonyl (C=O) groups is 1. The van der Waals surface area contributed by atoms with Crippen molar-refractivity contribution in [2.45, 2.75) is 12.8 Å². The third-order valence-corrected chi connectivity index (χ3v) is 3.53.